The molecule has 1 aliphatic rings. The van der Waals surface area contributed by atoms with Gasteiger partial charge in [-0.05, 0) is 53.0 Å². The summed E-state index contributed by atoms with van der Waals surface area (Å²) < 4.78 is 28.1. The highest BCUT2D eigenvalue weighted by Gasteiger charge is 2.30. The normalized spacial score (nSPS) is 15.5. The summed E-state index contributed by atoms with van der Waals surface area (Å²) in [4.78, 5) is 7.34. The molecule has 0 amide bonds. The van der Waals surface area contributed by atoms with E-state index in [0.717, 1.165) is 17.2 Å². The summed E-state index contributed by atoms with van der Waals surface area (Å²) in [5, 5.41) is 3.08. The number of sulfonamides is 1. The zero-order chi connectivity index (χ0) is 21.3. The first-order valence-electron chi connectivity index (χ1n) is 9.85. The number of nitrogens with zero attached hydrogens (tertiary/aromatic N) is 3. The Balaban J connectivity index is 1.43. The summed E-state index contributed by atoms with van der Waals surface area (Å²) in [6.07, 6.45) is 0.820. The third-order valence-electron chi connectivity index (χ3n) is 5.38. The lowest BCUT2D eigenvalue weighted by molar-refractivity contribution is 0.384. The van der Waals surface area contributed by atoms with Gasteiger partial charge in [0.2, 0.25) is 10.0 Å². The van der Waals surface area contributed by atoms with E-state index >= 15 is 0 Å². The zero-order valence-electron chi connectivity index (χ0n) is 17.0. The standard InChI is InChI=1S/C22H24BrN3O2S2/c1-16-7-8-17(2)18(13-16)14-19-15-29-22(24-19)25-9-11-26(12-10-25)30(27,28)21-6-4-3-5-20(21)23/h3-8,13,15H,9-12,14H2,1-2H3. The van der Waals surface area contributed by atoms with Crippen molar-refractivity contribution in [1.82, 2.24) is 9.29 Å². The van der Waals surface area contributed by atoms with E-state index in [0.29, 0.717) is 35.5 Å². The lowest BCUT2D eigenvalue weighted by Crippen LogP contribution is -2.48. The van der Waals surface area contributed by atoms with Gasteiger partial charge in [0.15, 0.2) is 5.13 Å². The maximum Gasteiger partial charge on any atom is 0.244 e. The first-order chi connectivity index (χ1) is 14.3. The highest BCUT2D eigenvalue weighted by atomic mass is 79.9. The summed E-state index contributed by atoms with van der Waals surface area (Å²) >= 11 is 4.99. The van der Waals surface area contributed by atoms with Crippen LogP contribution in [-0.2, 0) is 16.4 Å². The van der Waals surface area contributed by atoms with Gasteiger partial charge in [-0.15, -0.1) is 11.3 Å². The maximum atomic E-state index is 13.0. The second kappa shape index (κ2) is 8.78. The van der Waals surface area contributed by atoms with Crippen LogP contribution in [0.25, 0.3) is 0 Å². The number of anilines is 1. The van der Waals surface area contributed by atoms with Crippen LogP contribution in [0.15, 0.2) is 57.2 Å². The topological polar surface area (TPSA) is 53.5 Å². The number of thiazole rings is 1. The number of halogens is 1. The molecule has 0 atom stereocenters. The van der Waals surface area contributed by atoms with E-state index in [4.69, 9.17) is 4.98 Å². The summed E-state index contributed by atoms with van der Waals surface area (Å²) in [7, 11) is -3.50. The largest absolute Gasteiger partial charge is 0.345 e. The van der Waals surface area contributed by atoms with Gasteiger partial charge in [-0.2, -0.15) is 4.31 Å². The van der Waals surface area contributed by atoms with Crippen LogP contribution in [0.3, 0.4) is 0 Å². The molecule has 1 aliphatic heterocycles. The van der Waals surface area contributed by atoms with Crippen molar-refractivity contribution in [2.45, 2.75) is 25.2 Å². The van der Waals surface area contributed by atoms with E-state index in [1.54, 1.807) is 33.8 Å². The molecule has 0 unspecified atom stereocenters. The molecule has 0 aliphatic carbocycles. The predicted molar refractivity (Wildman–Crippen MR) is 126 cm³/mol. The Morgan fingerprint density at radius 1 is 1.07 bits per heavy atom. The molecule has 1 aromatic heterocycles. The Morgan fingerprint density at radius 3 is 2.53 bits per heavy atom. The molecule has 4 rings (SSSR count). The van der Waals surface area contributed by atoms with Crippen LogP contribution >= 0.6 is 27.3 Å². The van der Waals surface area contributed by atoms with E-state index in [9.17, 15) is 8.42 Å². The molecule has 0 radical (unpaired) electrons. The fourth-order valence-corrected chi connectivity index (χ4v) is 6.89. The second-order valence-electron chi connectivity index (χ2n) is 7.55. The van der Waals surface area contributed by atoms with E-state index in [-0.39, 0.29) is 0 Å². The number of piperazine rings is 1. The van der Waals surface area contributed by atoms with Crippen molar-refractivity contribution in [2.75, 3.05) is 31.1 Å². The summed E-state index contributed by atoms with van der Waals surface area (Å²) in [5.41, 5.74) is 4.90. The molecule has 0 bridgehead atoms. The van der Waals surface area contributed by atoms with Crippen molar-refractivity contribution in [3.8, 4) is 0 Å². The van der Waals surface area contributed by atoms with E-state index in [1.807, 2.05) is 6.07 Å². The molecule has 5 nitrogen and oxygen atoms in total. The Morgan fingerprint density at radius 2 is 1.80 bits per heavy atom. The molecule has 8 heteroatoms. The van der Waals surface area contributed by atoms with Crippen LogP contribution in [0.4, 0.5) is 5.13 Å². The fraction of sp³-hybridized carbons (Fsp3) is 0.318. The van der Waals surface area contributed by atoms with Gasteiger partial charge in [0.05, 0.1) is 10.6 Å². The third-order valence-corrected chi connectivity index (χ3v) is 9.24. The molecule has 2 heterocycles. The van der Waals surface area contributed by atoms with Gasteiger partial charge in [0, 0.05) is 42.5 Å². The molecule has 30 heavy (non-hydrogen) atoms. The molecule has 1 fully saturated rings. The lowest BCUT2D eigenvalue weighted by atomic mass is 10.0. The van der Waals surface area contributed by atoms with Crippen LogP contribution < -0.4 is 4.90 Å². The van der Waals surface area contributed by atoms with Gasteiger partial charge in [0.25, 0.3) is 0 Å². The van der Waals surface area contributed by atoms with Crippen LogP contribution in [0.5, 0.6) is 0 Å². The SMILES string of the molecule is Cc1ccc(C)c(Cc2csc(N3CCN(S(=O)(=O)c4ccccc4Br)CC3)n2)c1. The summed E-state index contributed by atoms with van der Waals surface area (Å²) in [6, 6.07) is 13.5. The maximum absolute atomic E-state index is 13.0. The average molecular weight is 506 g/mol. The Bertz CT molecular complexity index is 1150. The minimum atomic E-state index is -3.50. The third kappa shape index (κ3) is 4.46. The fourth-order valence-electron chi connectivity index (χ4n) is 3.62. The molecule has 0 spiro atoms. The first kappa shape index (κ1) is 21.5. The Kier molecular flexibility index (Phi) is 6.29. The van der Waals surface area contributed by atoms with Crippen LogP contribution in [-0.4, -0.2) is 43.9 Å². The highest BCUT2D eigenvalue weighted by Crippen LogP contribution is 2.28. The summed E-state index contributed by atoms with van der Waals surface area (Å²) in [6.45, 7) is 6.43. The first-order valence-corrected chi connectivity index (χ1v) is 13.0. The minimum Gasteiger partial charge on any atom is -0.345 e. The van der Waals surface area contributed by atoms with Gasteiger partial charge < -0.3 is 4.90 Å². The monoisotopic (exact) mass is 505 g/mol. The van der Waals surface area contributed by atoms with E-state index in [1.165, 1.54) is 16.7 Å². The van der Waals surface area contributed by atoms with E-state index < -0.39 is 10.0 Å². The molecule has 2 aromatic carbocycles. The van der Waals surface area contributed by atoms with Gasteiger partial charge in [0.1, 0.15) is 0 Å². The Hall–Kier alpha value is -1.74. The van der Waals surface area contributed by atoms with E-state index in [2.05, 4.69) is 58.3 Å². The van der Waals surface area contributed by atoms with Gasteiger partial charge in [-0.1, -0.05) is 35.9 Å². The second-order valence-corrected chi connectivity index (χ2v) is 11.1. The van der Waals surface area contributed by atoms with Gasteiger partial charge in [-0.25, -0.2) is 13.4 Å². The Labute approximate surface area is 190 Å². The number of aryl methyl sites for hydroxylation is 2. The smallest absolute Gasteiger partial charge is 0.244 e. The quantitative estimate of drug-likeness (QED) is 0.507. The molecule has 0 N–H and O–H groups in total. The van der Waals surface area contributed by atoms with Crippen molar-refractivity contribution in [3.05, 3.63) is 74.7 Å². The number of hydrogen-bond acceptors (Lipinski definition) is 5. The average Bonchev–Trinajstić information content (AvgIpc) is 3.19. The van der Waals surface area contributed by atoms with Gasteiger partial charge in [-0.3, -0.25) is 0 Å². The number of hydrogen-bond donors (Lipinski definition) is 0. The predicted octanol–water partition coefficient (Wildman–Crippen LogP) is 4.62. The van der Waals surface area contributed by atoms with Crippen molar-refractivity contribution >= 4 is 42.4 Å². The van der Waals surface area contributed by atoms with Crippen molar-refractivity contribution in [1.29, 1.82) is 0 Å². The number of aromatic nitrogens is 1. The van der Waals surface area contributed by atoms with Crippen LogP contribution in [0.2, 0.25) is 0 Å². The molecule has 0 saturated carbocycles. The molecule has 158 valence electrons. The van der Waals surface area contributed by atoms with Crippen LogP contribution in [0, 0.1) is 13.8 Å². The van der Waals surface area contributed by atoms with Gasteiger partial charge >= 0.3 is 0 Å². The van der Waals surface area contributed by atoms with Crippen molar-refractivity contribution in [3.63, 3.8) is 0 Å². The highest BCUT2D eigenvalue weighted by molar-refractivity contribution is 9.10. The summed E-state index contributed by atoms with van der Waals surface area (Å²) in [5.74, 6) is 0. The van der Waals surface area contributed by atoms with Crippen molar-refractivity contribution in [2.24, 2.45) is 0 Å². The van der Waals surface area contributed by atoms with Crippen molar-refractivity contribution < 1.29 is 8.42 Å². The molecule has 3 aromatic rings. The van der Waals surface area contributed by atoms with Crippen LogP contribution in [0.1, 0.15) is 22.4 Å². The lowest BCUT2D eigenvalue weighted by Gasteiger charge is -2.34. The molecular formula is C22H24BrN3O2S2. The molecular weight excluding hydrogens is 482 g/mol. The zero-order valence-corrected chi connectivity index (χ0v) is 20.2. The molecule has 1 saturated heterocycles. The number of rotatable bonds is 5. The number of benzene rings is 2. The minimum absolute atomic E-state index is 0.323.